The Kier molecular flexibility index (Phi) is 5.39. The van der Waals surface area contributed by atoms with E-state index in [-0.39, 0.29) is 18.0 Å². The Bertz CT molecular complexity index is 851. The molecule has 1 saturated carbocycles. The molecule has 0 spiro atoms. The maximum absolute atomic E-state index is 12.2. The Hall–Kier alpha value is -2.01. The highest BCUT2D eigenvalue weighted by Crippen LogP contribution is 2.40. The number of rotatable bonds is 4. The van der Waals surface area contributed by atoms with Gasteiger partial charge >= 0.3 is 6.03 Å². The van der Waals surface area contributed by atoms with Gasteiger partial charge in [0.1, 0.15) is 5.01 Å². The van der Waals surface area contributed by atoms with Crippen molar-refractivity contribution in [1.29, 1.82) is 0 Å². The Morgan fingerprint density at radius 1 is 1.22 bits per heavy atom. The van der Waals surface area contributed by atoms with E-state index in [2.05, 4.69) is 53.8 Å². The molecule has 1 aliphatic heterocycles. The van der Waals surface area contributed by atoms with Crippen LogP contribution in [0.25, 0.3) is 0 Å². The largest absolute Gasteiger partial charge is 0.341 e. The molecule has 4 rings (SSSR count). The average Bonchev–Trinajstić information content (AvgIpc) is 3.17. The summed E-state index contributed by atoms with van der Waals surface area (Å²) in [5, 5.41) is 6.43. The van der Waals surface area contributed by atoms with E-state index in [1.54, 1.807) is 11.3 Å². The predicted octanol–water partition coefficient (Wildman–Crippen LogP) is 5.90. The highest BCUT2D eigenvalue weighted by atomic mass is 32.1. The second-order valence-electron chi connectivity index (χ2n) is 7.72. The molecule has 2 aromatic rings. The van der Waals surface area contributed by atoms with Crippen molar-refractivity contribution in [2.75, 3.05) is 0 Å². The lowest BCUT2D eigenvalue weighted by atomic mass is 9.86. The zero-order valence-corrected chi connectivity index (χ0v) is 16.9. The van der Waals surface area contributed by atoms with Crippen molar-refractivity contribution in [3.8, 4) is 0 Å². The first kappa shape index (κ1) is 18.4. The van der Waals surface area contributed by atoms with Gasteiger partial charge in [0.2, 0.25) is 0 Å². The molecule has 4 nitrogen and oxygen atoms in total. The van der Waals surface area contributed by atoms with Gasteiger partial charge in [-0.3, -0.25) is 0 Å². The third-order valence-electron chi connectivity index (χ3n) is 5.81. The molecule has 0 bridgehead atoms. The normalized spacial score (nSPS) is 23.8. The predicted molar refractivity (Wildman–Crippen MR) is 111 cm³/mol. The molecule has 1 aliphatic carbocycles. The van der Waals surface area contributed by atoms with Crippen LogP contribution in [-0.2, 0) is 0 Å². The molecular weight excluding hydrogens is 354 g/mol. The van der Waals surface area contributed by atoms with E-state index in [1.165, 1.54) is 43.4 Å². The Balaban J connectivity index is 1.70. The van der Waals surface area contributed by atoms with Crippen LogP contribution in [0.5, 0.6) is 0 Å². The molecule has 2 heterocycles. The number of benzene rings is 1. The van der Waals surface area contributed by atoms with Crippen molar-refractivity contribution >= 4 is 23.1 Å². The summed E-state index contributed by atoms with van der Waals surface area (Å²) in [4.78, 5) is 21.6. The molecule has 0 saturated heterocycles. The highest BCUT2D eigenvalue weighted by Gasteiger charge is 2.36. The third kappa shape index (κ3) is 3.84. The van der Waals surface area contributed by atoms with Gasteiger partial charge in [0, 0.05) is 17.0 Å². The first-order valence-electron chi connectivity index (χ1n) is 10.1. The Morgan fingerprint density at radius 2 is 2.04 bits per heavy atom. The molecule has 0 radical (unpaired) electrons. The summed E-state index contributed by atoms with van der Waals surface area (Å²) in [6.07, 6.45) is 7.24. The van der Waals surface area contributed by atoms with Gasteiger partial charge in [-0.25, -0.2) is 14.8 Å². The van der Waals surface area contributed by atoms with E-state index >= 15 is 0 Å². The van der Waals surface area contributed by atoms with Crippen LogP contribution >= 0.6 is 11.3 Å². The lowest BCUT2D eigenvalue weighted by molar-refractivity contribution is 0.242. The van der Waals surface area contributed by atoms with E-state index in [1.807, 2.05) is 0 Å². The van der Waals surface area contributed by atoms with Crippen LogP contribution in [0, 0.1) is 6.92 Å². The number of urea groups is 1. The molecule has 5 heteroatoms. The minimum atomic E-state index is -0.237. The second kappa shape index (κ2) is 7.93. The smallest absolute Gasteiger partial charge is 0.328 e. The van der Waals surface area contributed by atoms with Crippen molar-refractivity contribution < 1.29 is 4.79 Å². The van der Waals surface area contributed by atoms with E-state index < -0.39 is 0 Å². The van der Waals surface area contributed by atoms with Crippen molar-refractivity contribution in [3.63, 3.8) is 0 Å². The molecule has 2 amide bonds. The molecule has 27 heavy (non-hydrogen) atoms. The number of hydrogen-bond acceptors (Lipinski definition) is 3. The number of amides is 2. The quantitative estimate of drug-likeness (QED) is 0.717. The van der Waals surface area contributed by atoms with Gasteiger partial charge in [-0.1, -0.05) is 56.0 Å². The number of nitrogens with zero attached hydrogens (tertiary/aromatic N) is 2. The van der Waals surface area contributed by atoms with Crippen LogP contribution in [0.1, 0.15) is 85.2 Å². The molecule has 2 aliphatic rings. The standard InChI is InChI=1S/C22H27N3OS/c1-3-17-19(21-23-18(13-27-21)15-9-5-4-6-10-15)20(25-22(26)24-17)16-11-7-8-14(2)12-16/h7-8,11-13,15,19-20H,3-6,9-10H2,1-2H3,(H,25,26). The second-order valence-corrected chi connectivity index (χ2v) is 8.61. The molecule has 2 atom stereocenters. The van der Waals surface area contributed by atoms with Gasteiger partial charge in [-0.2, -0.15) is 0 Å². The van der Waals surface area contributed by atoms with Gasteiger partial charge in [0.05, 0.1) is 17.7 Å². The van der Waals surface area contributed by atoms with Gasteiger partial charge in [-0.15, -0.1) is 11.3 Å². The van der Waals surface area contributed by atoms with E-state index in [0.717, 1.165) is 22.7 Å². The fourth-order valence-electron chi connectivity index (χ4n) is 4.39. The number of carbonyl (C=O) groups is 1. The number of hydrogen-bond donors (Lipinski definition) is 1. The Morgan fingerprint density at radius 3 is 2.78 bits per heavy atom. The first-order valence-corrected chi connectivity index (χ1v) is 10.9. The van der Waals surface area contributed by atoms with Gasteiger partial charge in [-0.05, 0) is 31.7 Å². The molecular formula is C22H27N3OS. The van der Waals surface area contributed by atoms with E-state index in [0.29, 0.717) is 5.92 Å². The molecule has 2 unspecified atom stereocenters. The summed E-state index contributed by atoms with van der Waals surface area (Å²) in [5.74, 6) is 0.623. The summed E-state index contributed by atoms with van der Waals surface area (Å²) >= 11 is 1.73. The maximum atomic E-state index is 12.2. The zero-order chi connectivity index (χ0) is 18.8. The number of aliphatic imine (C=N–C) groups is 1. The number of aromatic nitrogens is 1. The lowest BCUT2D eigenvalue weighted by Gasteiger charge is -2.31. The number of aryl methyl sites for hydroxylation is 1. The van der Waals surface area contributed by atoms with Gasteiger partial charge < -0.3 is 5.32 Å². The topological polar surface area (TPSA) is 54.4 Å². The fraction of sp³-hybridized carbons (Fsp3) is 0.500. The monoisotopic (exact) mass is 381 g/mol. The van der Waals surface area contributed by atoms with Crippen molar-refractivity contribution in [2.45, 2.75) is 70.3 Å². The highest BCUT2D eigenvalue weighted by molar-refractivity contribution is 7.09. The minimum Gasteiger partial charge on any atom is -0.328 e. The van der Waals surface area contributed by atoms with Crippen molar-refractivity contribution in [2.24, 2.45) is 4.99 Å². The van der Waals surface area contributed by atoms with Crippen LogP contribution in [0.4, 0.5) is 4.79 Å². The van der Waals surface area contributed by atoms with Crippen LogP contribution in [0.15, 0.2) is 34.6 Å². The van der Waals surface area contributed by atoms with E-state index in [9.17, 15) is 4.79 Å². The van der Waals surface area contributed by atoms with Crippen LogP contribution in [0.3, 0.4) is 0 Å². The average molecular weight is 382 g/mol. The molecule has 142 valence electrons. The summed E-state index contributed by atoms with van der Waals surface area (Å²) in [6, 6.07) is 8.06. The zero-order valence-electron chi connectivity index (χ0n) is 16.1. The van der Waals surface area contributed by atoms with E-state index in [4.69, 9.17) is 4.98 Å². The molecule has 1 fully saturated rings. The maximum Gasteiger partial charge on any atom is 0.341 e. The molecule has 1 N–H and O–H groups in total. The fourth-order valence-corrected chi connectivity index (χ4v) is 5.46. The van der Waals surface area contributed by atoms with Crippen molar-refractivity contribution in [1.82, 2.24) is 10.3 Å². The van der Waals surface area contributed by atoms with Crippen molar-refractivity contribution in [3.05, 3.63) is 51.5 Å². The Labute approximate surface area is 165 Å². The number of thiazole rings is 1. The lowest BCUT2D eigenvalue weighted by Crippen LogP contribution is -2.39. The number of nitrogens with one attached hydrogen (secondary N) is 1. The van der Waals surface area contributed by atoms with Gasteiger partial charge in [0.15, 0.2) is 0 Å². The summed E-state index contributed by atoms with van der Waals surface area (Å²) < 4.78 is 0. The van der Waals surface area contributed by atoms with Crippen LogP contribution in [0.2, 0.25) is 0 Å². The van der Waals surface area contributed by atoms with Crippen LogP contribution < -0.4 is 5.32 Å². The molecule has 1 aromatic carbocycles. The summed E-state index contributed by atoms with van der Waals surface area (Å²) in [5.41, 5.74) is 4.51. The molecule has 1 aromatic heterocycles. The number of carbonyl (C=O) groups excluding carboxylic acids is 1. The summed E-state index contributed by atoms with van der Waals surface area (Å²) in [6.45, 7) is 4.16. The SMILES string of the molecule is CCC1=NC(=O)NC(c2cccc(C)c2)C1c1nc(C2CCCCC2)cs1. The summed E-state index contributed by atoms with van der Waals surface area (Å²) in [7, 11) is 0. The first-order chi connectivity index (χ1) is 13.2. The van der Waals surface area contributed by atoms with Crippen LogP contribution in [-0.4, -0.2) is 16.7 Å². The minimum absolute atomic E-state index is 0.0249. The third-order valence-corrected chi connectivity index (χ3v) is 6.76. The van der Waals surface area contributed by atoms with Gasteiger partial charge in [0.25, 0.3) is 0 Å².